The zero-order chi connectivity index (χ0) is 14.4. The Morgan fingerprint density at radius 3 is 2.74 bits per heavy atom. The van der Waals surface area contributed by atoms with Crippen LogP contribution in [0.4, 0.5) is 0 Å². The van der Waals surface area contributed by atoms with Crippen molar-refractivity contribution in [2.75, 3.05) is 13.1 Å². The number of hydrogen-bond acceptors (Lipinski definition) is 3. The van der Waals surface area contributed by atoms with Crippen LogP contribution >= 0.6 is 0 Å². The van der Waals surface area contributed by atoms with Crippen molar-refractivity contribution >= 4 is 18.0 Å². The third kappa shape index (κ3) is 4.57. The van der Waals surface area contributed by atoms with Crippen molar-refractivity contribution in [1.29, 1.82) is 0 Å². The maximum absolute atomic E-state index is 11.9. The molecule has 0 saturated heterocycles. The van der Waals surface area contributed by atoms with E-state index in [0.29, 0.717) is 6.54 Å². The monoisotopic (exact) mass is 265 g/mol. The summed E-state index contributed by atoms with van der Waals surface area (Å²) in [5, 5.41) is 12.8. The van der Waals surface area contributed by atoms with E-state index in [0.717, 1.165) is 5.56 Å². The lowest BCUT2D eigenvalue weighted by Crippen LogP contribution is -2.35. The Kier molecular flexibility index (Phi) is 5.29. The summed E-state index contributed by atoms with van der Waals surface area (Å²) in [5.74, 6) is -1.67. The van der Waals surface area contributed by atoms with E-state index in [9.17, 15) is 9.59 Å². The van der Waals surface area contributed by atoms with Gasteiger partial charge in [-0.15, -0.1) is 0 Å². The first-order chi connectivity index (χ1) is 8.93. The molecule has 1 amide bonds. The Balaban J connectivity index is 2.63. The number of aliphatic carboxylic acids is 1. The van der Waals surface area contributed by atoms with Gasteiger partial charge in [-0.2, -0.15) is 5.10 Å². The van der Waals surface area contributed by atoms with E-state index in [1.165, 1.54) is 11.0 Å². The van der Waals surface area contributed by atoms with Gasteiger partial charge < -0.3 is 10.0 Å². The molecule has 1 N–H and O–H groups in total. The molecule has 6 nitrogen and oxygen atoms in total. The SMILES string of the molecule is CCN(CC(C)C(=O)O)C(=O)C=Cc1cnn(C)c1. The summed E-state index contributed by atoms with van der Waals surface area (Å²) in [6, 6.07) is 0. The number of nitrogens with zero attached hydrogens (tertiary/aromatic N) is 3. The average Bonchev–Trinajstić information content (AvgIpc) is 2.78. The Bertz CT molecular complexity index is 479. The van der Waals surface area contributed by atoms with Gasteiger partial charge in [0.05, 0.1) is 12.1 Å². The first-order valence-electron chi connectivity index (χ1n) is 6.12. The van der Waals surface area contributed by atoms with Crippen LogP contribution in [-0.4, -0.2) is 44.8 Å². The van der Waals surface area contributed by atoms with Crippen molar-refractivity contribution in [1.82, 2.24) is 14.7 Å². The molecule has 0 spiro atoms. The quantitative estimate of drug-likeness (QED) is 0.779. The third-order valence-corrected chi connectivity index (χ3v) is 2.75. The number of aromatic nitrogens is 2. The van der Waals surface area contributed by atoms with Crippen LogP contribution in [-0.2, 0) is 16.6 Å². The van der Waals surface area contributed by atoms with Gasteiger partial charge in [0.15, 0.2) is 0 Å². The van der Waals surface area contributed by atoms with Crippen LogP contribution in [0.5, 0.6) is 0 Å². The maximum atomic E-state index is 11.9. The molecule has 19 heavy (non-hydrogen) atoms. The molecule has 1 aromatic rings. The normalized spacial score (nSPS) is 12.6. The second-order valence-electron chi connectivity index (χ2n) is 4.40. The molecular weight excluding hydrogens is 246 g/mol. The zero-order valence-corrected chi connectivity index (χ0v) is 11.4. The van der Waals surface area contributed by atoms with Crippen molar-refractivity contribution in [3.8, 4) is 0 Å². The molecule has 0 aliphatic carbocycles. The van der Waals surface area contributed by atoms with Crippen LogP contribution in [0.15, 0.2) is 18.5 Å². The number of rotatable bonds is 6. The Morgan fingerprint density at radius 2 is 2.26 bits per heavy atom. The molecule has 1 rings (SSSR count). The maximum Gasteiger partial charge on any atom is 0.308 e. The highest BCUT2D eigenvalue weighted by atomic mass is 16.4. The van der Waals surface area contributed by atoms with Gasteiger partial charge in [-0.1, -0.05) is 6.92 Å². The molecule has 0 aromatic carbocycles. The Hall–Kier alpha value is -2.11. The first kappa shape index (κ1) is 14.9. The van der Waals surface area contributed by atoms with Gasteiger partial charge >= 0.3 is 5.97 Å². The fourth-order valence-corrected chi connectivity index (χ4v) is 1.58. The first-order valence-corrected chi connectivity index (χ1v) is 6.12. The minimum absolute atomic E-state index is 0.195. The van der Waals surface area contributed by atoms with E-state index in [4.69, 9.17) is 5.11 Å². The van der Waals surface area contributed by atoms with E-state index in [-0.39, 0.29) is 12.5 Å². The van der Waals surface area contributed by atoms with Crippen LogP contribution in [0.2, 0.25) is 0 Å². The molecule has 0 aliphatic heterocycles. The zero-order valence-electron chi connectivity index (χ0n) is 11.4. The van der Waals surface area contributed by atoms with Gasteiger partial charge in [0.2, 0.25) is 5.91 Å². The fourth-order valence-electron chi connectivity index (χ4n) is 1.58. The minimum atomic E-state index is -0.900. The van der Waals surface area contributed by atoms with Crippen molar-refractivity contribution in [3.05, 3.63) is 24.0 Å². The number of likely N-dealkylation sites (N-methyl/N-ethyl adjacent to an activating group) is 1. The molecule has 1 atom stereocenters. The van der Waals surface area contributed by atoms with Crippen molar-refractivity contribution in [3.63, 3.8) is 0 Å². The van der Waals surface area contributed by atoms with E-state index in [1.807, 2.05) is 6.92 Å². The summed E-state index contributed by atoms with van der Waals surface area (Å²) in [7, 11) is 1.80. The van der Waals surface area contributed by atoms with Crippen LogP contribution in [0.25, 0.3) is 6.08 Å². The average molecular weight is 265 g/mol. The number of carboxylic acid groups (broad SMARTS) is 1. The predicted octanol–water partition coefficient (Wildman–Crippen LogP) is 1.00. The lowest BCUT2D eigenvalue weighted by molar-refractivity contribution is -0.142. The second kappa shape index (κ2) is 6.72. The van der Waals surface area contributed by atoms with Crippen molar-refractivity contribution in [2.24, 2.45) is 13.0 Å². The lowest BCUT2D eigenvalue weighted by Gasteiger charge is -2.21. The van der Waals surface area contributed by atoms with Gasteiger partial charge in [0.25, 0.3) is 0 Å². The van der Waals surface area contributed by atoms with Crippen LogP contribution in [0.3, 0.4) is 0 Å². The summed E-state index contributed by atoms with van der Waals surface area (Å²) >= 11 is 0. The van der Waals surface area contributed by atoms with E-state index >= 15 is 0 Å². The summed E-state index contributed by atoms with van der Waals surface area (Å²) in [5.41, 5.74) is 0.832. The highest BCUT2D eigenvalue weighted by molar-refractivity contribution is 5.92. The van der Waals surface area contributed by atoms with E-state index in [1.54, 1.807) is 37.1 Å². The number of amides is 1. The van der Waals surface area contributed by atoms with Gasteiger partial charge in [-0.3, -0.25) is 14.3 Å². The van der Waals surface area contributed by atoms with Crippen molar-refractivity contribution in [2.45, 2.75) is 13.8 Å². The molecule has 1 unspecified atom stereocenters. The topological polar surface area (TPSA) is 75.4 Å². The van der Waals surface area contributed by atoms with Crippen molar-refractivity contribution < 1.29 is 14.7 Å². The molecular formula is C13H19N3O3. The molecule has 0 saturated carbocycles. The smallest absolute Gasteiger partial charge is 0.308 e. The number of carbonyl (C=O) groups is 2. The molecule has 0 bridgehead atoms. The summed E-state index contributed by atoms with van der Waals surface area (Å²) in [4.78, 5) is 24.2. The summed E-state index contributed by atoms with van der Waals surface area (Å²) < 4.78 is 1.65. The highest BCUT2D eigenvalue weighted by Crippen LogP contribution is 2.04. The number of carboxylic acids is 1. The minimum Gasteiger partial charge on any atom is -0.481 e. The van der Waals surface area contributed by atoms with Crippen LogP contribution in [0, 0.1) is 5.92 Å². The second-order valence-corrected chi connectivity index (χ2v) is 4.40. The molecule has 0 aliphatic rings. The van der Waals surface area contributed by atoms with Gasteiger partial charge in [-0.25, -0.2) is 0 Å². The van der Waals surface area contributed by atoms with E-state index in [2.05, 4.69) is 5.10 Å². The lowest BCUT2D eigenvalue weighted by atomic mass is 10.1. The molecule has 0 radical (unpaired) electrons. The molecule has 0 fully saturated rings. The highest BCUT2D eigenvalue weighted by Gasteiger charge is 2.17. The Morgan fingerprint density at radius 1 is 1.58 bits per heavy atom. The number of hydrogen-bond donors (Lipinski definition) is 1. The van der Waals surface area contributed by atoms with Gasteiger partial charge in [0, 0.05) is 38.0 Å². The molecule has 6 heteroatoms. The summed E-state index contributed by atoms with van der Waals surface area (Å²) in [6.07, 6.45) is 6.55. The predicted molar refractivity (Wildman–Crippen MR) is 71.3 cm³/mol. The number of carbonyl (C=O) groups excluding carboxylic acids is 1. The van der Waals surface area contributed by atoms with Gasteiger partial charge in [-0.05, 0) is 13.0 Å². The summed E-state index contributed by atoms with van der Waals surface area (Å²) in [6.45, 7) is 4.10. The molecule has 104 valence electrons. The van der Waals surface area contributed by atoms with Crippen LogP contribution in [0.1, 0.15) is 19.4 Å². The largest absolute Gasteiger partial charge is 0.481 e. The van der Waals surface area contributed by atoms with Gasteiger partial charge in [0.1, 0.15) is 0 Å². The number of aryl methyl sites for hydroxylation is 1. The van der Waals surface area contributed by atoms with E-state index < -0.39 is 11.9 Å². The standard InChI is InChI=1S/C13H19N3O3/c1-4-16(8-10(2)13(18)19)12(17)6-5-11-7-14-15(3)9-11/h5-7,9-10H,4,8H2,1-3H3,(H,18,19). The Labute approximate surface area is 112 Å². The molecule has 1 heterocycles. The molecule has 1 aromatic heterocycles. The third-order valence-electron chi connectivity index (χ3n) is 2.75. The fraction of sp³-hybridized carbons (Fsp3) is 0.462. The van der Waals surface area contributed by atoms with Crippen LogP contribution < -0.4 is 0 Å².